The predicted octanol–water partition coefficient (Wildman–Crippen LogP) is 0.373. The fourth-order valence-corrected chi connectivity index (χ4v) is 2.12. The number of amides is 1. The van der Waals surface area contributed by atoms with Gasteiger partial charge in [-0.25, -0.2) is 9.97 Å². The Morgan fingerprint density at radius 1 is 1.00 bits per heavy atom. The topological polar surface area (TPSA) is 169 Å². The van der Waals surface area contributed by atoms with Crippen molar-refractivity contribution in [3.63, 3.8) is 0 Å². The van der Waals surface area contributed by atoms with Gasteiger partial charge in [0.2, 0.25) is 5.91 Å². The van der Waals surface area contributed by atoms with Gasteiger partial charge in [0.25, 0.3) is 0 Å². The summed E-state index contributed by atoms with van der Waals surface area (Å²) in [5.41, 5.74) is 13.2. The van der Waals surface area contributed by atoms with Gasteiger partial charge in [0, 0.05) is 37.3 Å². The highest BCUT2D eigenvalue weighted by atomic mass is 16.4. The third-order valence-electron chi connectivity index (χ3n) is 3.59. The van der Waals surface area contributed by atoms with Crippen LogP contribution in [0.2, 0.25) is 0 Å². The summed E-state index contributed by atoms with van der Waals surface area (Å²) in [5.74, 6) is -0.633. The molecule has 0 atom stereocenters. The summed E-state index contributed by atoms with van der Waals surface area (Å²) in [4.78, 5) is 30.0. The molecule has 1 heterocycles. The Morgan fingerprint density at radius 3 is 2.29 bits per heavy atom. The van der Waals surface area contributed by atoms with Crippen LogP contribution in [0.3, 0.4) is 0 Å². The molecule has 0 aliphatic carbocycles. The lowest BCUT2D eigenvalue weighted by molar-refractivity contribution is -0.137. The molecule has 0 unspecified atom stereocenters. The van der Waals surface area contributed by atoms with Crippen LogP contribution < -0.4 is 16.8 Å². The van der Waals surface area contributed by atoms with Gasteiger partial charge in [0.1, 0.15) is 0 Å². The number of nitrogens with one attached hydrogen (secondary N) is 1. The molecule has 28 heavy (non-hydrogen) atoms. The first-order valence-electron chi connectivity index (χ1n) is 8.47. The molecule has 2 aromatic rings. The third-order valence-corrected chi connectivity index (χ3v) is 3.59. The smallest absolute Gasteiger partial charge is 0.303 e. The van der Waals surface area contributed by atoms with Gasteiger partial charge in [0.05, 0.1) is 0 Å². The number of hydrogen-bond donors (Lipinski definition) is 4. The molecule has 0 aliphatic rings. The zero-order valence-electron chi connectivity index (χ0n) is 15.1. The molecule has 146 valence electrons. The maximum absolute atomic E-state index is 11.7. The Morgan fingerprint density at radius 2 is 1.64 bits per heavy atom. The van der Waals surface area contributed by atoms with E-state index < -0.39 is 5.97 Å². The van der Waals surface area contributed by atoms with Gasteiger partial charge in [0.15, 0.2) is 17.5 Å². The molecule has 6 N–H and O–H groups in total. The Bertz CT molecular complexity index is 865. The largest absolute Gasteiger partial charge is 0.481 e. The maximum atomic E-state index is 11.7. The summed E-state index contributed by atoms with van der Waals surface area (Å²) in [5, 5.41) is 19.0. The highest BCUT2D eigenvalue weighted by Gasteiger charge is 2.05. The molecule has 1 amide bonds. The van der Waals surface area contributed by atoms with Crippen molar-refractivity contribution in [3.05, 3.63) is 59.7 Å². The normalized spacial score (nSPS) is 11.9. The minimum absolute atomic E-state index is 0.0237. The zero-order valence-corrected chi connectivity index (χ0v) is 15.1. The van der Waals surface area contributed by atoms with Crippen molar-refractivity contribution in [1.82, 2.24) is 15.3 Å². The minimum atomic E-state index is -0.912. The monoisotopic (exact) mass is 383 g/mol. The molecule has 0 bridgehead atoms. The molecule has 0 saturated heterocycles. The van der Waals surface area contributed by atoms with E-state index in [2.05, 4.69) is 25.5 Å². The summed E-state index contributed by atoms with van der Waals surface area (Å²) in [6.45, 7) is 0.333. The van der Waals surface area contributed by atoms with E-state index in [1.807, 2.05) is 0 Å². The van der Waals surface area contributed by atoms with Crippen molar-refractivity contribution in [1.29, 1.82) is 0 Å². The van der Waals surface area contributed by atoms with Crippen LogP contribution in [0.25, 0.3) is 0 Å². The number of carboxylic acid groups (broad SMARTS) is 1. The predicted molar refractivity (Wildman–Crippen MR) is 103 cm³/mol. The number of rotatable bonds is 9. The molecular formula is C18H21N7O3. The second-order valence-corrected chi connectivity index (χ2v) is 5.76. The van der Waals surface area contributed by atoms with Crippen molar-refractivity contribution < 1.29 is 14.7 Å². The minimum Gasteiger partial charge on any atom is -0.481 e. The molecule has 1 aromatic carbocycles. The highest BCUT2D eigenvalue weighted by Crippen LogP contribution is 2.05. The van der Waals surface area contributed by atoms with Crippen LogP contribution in [0.4, 0.5) is 0 Å². The molecular weight excluding hydrogens is 362 g/mol. The van der Waals surface area contributed by atoms with Crippen molar-refractivity contribution in [2.24, 2.45) is 21.7 Å². The number of aliphatic carboxylic acids is 1. The molecule has 0 fully saturated rings. The second-order valence-electron chi connectivity index (χ2n) is 5.76. The van der Waals surface area contributed by atoms with Gasteiger partial charge in [-0.15, -0.1) is 10.2 Å². The van der Waals surface area contributed by atoms with Gasteiger partial charge in [-0.1, -0.05) is 24.3 Å². The maximum Gasteiger partial charge on any atom is 0.303 e. The van der Waals surface area contributed by atoms with Crippen molar-refractivity contribution in [2.75, 3.05) is 0 Å². The third kappa shape index (κ3) is 6.83. The van der Waals surface area contributed by atoms with Gasteiger partial charge in [-0.2, -0.15) is 0 Å². The van der Waals surface area contributed by atoms with Crippen LogP contribution in [0.5, 0.6) is 0 Å². The zero-order chi connectivity index (χ0) is 20.4. The fraction of sp³-hybridized carbons (Fsp3) is 0.222. The first kappa shape index (κ1) is 20.5. The number of nitrogens with two attached hydrogens (primary N) is 2. The number of carboxylic acids is 1. The van der Waals surface area contributed by atoms with Crippen LogP contribution in [0, 0.1) is 0 Å². The van der Waals surface area contributed by atoms with Gasteiger partial charge in [-0.05, 0) is 18.1 Å². The van der Waals surface area contributed by atoms with Crippen LogP contribution in [0.15, 0.2) is 52.9 Å². The first-order chi connectivity index (χ1) is 13.5. The second kappa shape index (κ2) is 10.4. The number of hydrogen-bond acceptors (Lipinski definition) is 6. The van der Waals surface area contributed by atoms with Crippen molar-refractivity contribution in [3.8, 4) is 0 Å². The summed E-state index contributed by atoms with van der Waals surface area (Å²) in [7, 11) is 0. The molecule has 10 nitrogen and oxygen atoms in total. The van der Waals surface area contributed by atoms with E-state index in [1.165, 1.54) is 0 Å². The number of carbonyl (C=O) groups is 2. The molecule has 2 rings (SSSR count). The summed E-state index contributed by atoms with van der Waals surface area (Å²) in [6, 6.07) is 8.74. The number of amidine groups is 2. The van der Waals surface area contributed by atoms with Crippen LogP contribution >= 0.6 is 0 Å². The van der Waals surface area contributed by atoms with E-state index in [-0.39, 0.29) is 36.2 Å². The molecule has 10 heteroatoms. The Balaban J connectivity index is 1.89. The van der Waals surface area contributed by atoms with E-state index >= 15 is 0 Å². The van der Waals surface area contributed by atoms with Crippen LogP contribution in [-0.2, 0) is 16.1 Å². The quantitative estimate of drug-likeness (QED) is 0.275. The number of benzene rings is 1. The van der Waals surface area contributed by atoms with Gasteiger partial charge < -0.3 is 21.9 Å². The van der Waals surface area contributed by atoms with Crippen LogP contribution in [-0.4, -0.2) is 38.6 Å². The molecule has 0 radical (unpaired) electrons. The average Bonchev–Trinajstić information content (AvgIpc) is 2.71. The molecule has 0 spiro atoms. The highest BCUT2D eigenvalue weighted by molar-refractivity contribution is 5.99. The standard InChI is InChI=1S/C18H21N7O3/c19-16(24-25-17(20)18-21-9-2-10-22-18)13-7-5-12(6-8-13)11-23-14(26)3-1-4-15(27)28/h2,5-10H,1,3-4,11H2,(H2,19,24)(H2,20,25)(H,23,26)(H,27,28). The summed E-state index contributed by atoms with van der Waals surface area (Å²) in [6.07, 6.45) is 3.55. The number of aromatic nitrogens is 2. The lowest BCUT2D eigenvalue weighted by Gasteiger charge is -2.06. The molecule has 1 aromatic heterocycles. The van der Waals surface area contributed by atoms with E-state index in [0.717, 1.165) is 5.56 Å². The average molecular weight is 383 g/mol. The summed E-state index contributed by atoms with van der Waals surface area (Å²) < 4.78 is 0. The van der Waals surface area contributed by atoms with E-state index in [9.17, 15) is 9.59 Å². The van der Waals surface area contributed by atoms with Gasteiger partial charge in [-0.3, -0.25) is 9.59 Å². The van der Waals surface area contributed by atoms with Crippen molar-refractivity contribution in [2.45, 2.75) is 25.8 Å². The van der Waals surface area contributed by atoms with E-state index in [4.69, 9.17) is 16.6 Å². The number of nitrogens with zero attached hydrogens (tertiary/aromatic N) is 4. The molecule has 0 saturated carbocycles. The molecule has 0 aliphatic heterocycles. The van der Waals surface area contributed by atoms with Crippen LogP contribution in [0.1, 0.15) is 36.2 Å². The Kier molecular flexibility index (Phi) is 7.58. The number of carbonyl (C=O) groups excluding carboxylic acids is 1. The lowest BCUT2D eigenvalue weighted by atomic mass is 10.1. The Hall–Kier alpha value is -3.82. The fourth-order valence-electron chi connectivity index (χ4n) is 2.12. The van der Waals surface area contributed by atoms with E-state index in [1.54, 1.807) is 42.7 Å². The lowest BCUT2D eigenvalue weighted by Crippen LogP contribution is -2.22. The van der Waals surface area contributed by atoms with Crippen molar-refractivity contribution >= 4 is 23.5 Å². The summed E-state index contributed by atoms with van der Waals surface area (Å²) >= 11 is 0. The van der Waals surface area contributed by atoms with Gasteiger partial charge >= 0.3 is 5.97 Å². The first-order valence-corrected chi connectivity index (χ1v) is 8.47. The van der Waals surface area contributed by atoms with E-state index in [0.29, 0.717) is 18.5 Å². The SMILES string of the molecule is N/C(=N\N=C(/N)c1ncccn1)c1ccc(CNC(=O)CCCC(=O)O)cc1. The Labute approximate surface area is 161 Å².